The highest BCUT2D eigenvalue weighted by molar-refractivity contribution is 7.91. The van der Waals surface area contributed by atoms with Crippen molar-refractivity contribution >= 4 is 29.9 Å². The van der Waals surface area contributed by atoms with Gasteiger partial charge in [-0.2, -0.15) is 0 Å². The number of nitrogens with one attached hydrogen (secondary N) is 1. The van der Waals surface area contributed by atoms with Crippen molar-refractivity contribution in [2.24, 2.45) is 0 Å². The fourth-order valence-electron chi connectivity index (χ4n) is 2.42. The standard InChI is InChI=1S/C16H26N2O3SSi/c1-12(19)18-10-9-13-11-14(7-8-15(13)18)22(20,21)17-23(5,6)16(2,3)4/h7-8,11,17H,9-10H2,1-6H3. The Hall–Kier alpha value is -1.18. The van der Waals surface area contributed by atoms with E-state index in [1.165, 1.54) is 6.92 Å². The molecule has 23 heavy (non-hydrogen) atoms. The third-order valence-electron chi connectivity index (χ3n) is 4.90. The van der Waals surface area contributed by atoms with Gasteiger partial charge in [-0.1, -0.05) is 33.9 Å². The molecule has 128 valence electrons. The van der Waals surface area contributed by atoms with Crippen molar-refractivity contribution in [3.63, 3.8) is 0 Å². The molecule has 0 atom stereocenters. The van der Waals surface area contributed by atoms with Crippen LogP contribution < -0.4 is 9.29 Å². The number of hydrogen-bond donors (Lipinski definition) is 1. The zero-order valence-electron chi connectivity index (χ0n) is 14.7. The minimum Gasteiger partial charge on any atom is -0.312 e. The number of carbonyl (C=O) groups is 1. The van der Waals surface area contributed by atoms with Gasteiger partial charge in [-0.15, -0.1) is 0 Å². The number of hydrogen-bond acceptors (Lipinski definition) is 3. The Bertz CT molecular complexity index is 736. The molecule has 7 heteroatoms. The molecule has 1 heterocycles. The van der Waals surface area contributed by atoms with Crippen molar-refractivity contribution < 1.29 is 13.2 Å². The molecule has 5 nitrogen and oxygen atoms in total. The molecule has 0 aliphatic carbocycles. The number of nitrogens with zero attached hydrogens (tertiary/aromatic N) is 1. The second-order valence-electron chi connectivity index (χ2n) is 7.69. The molecule has 1 aliphatic rings. The van der Waals surface area contributed by atoms with Crippen LogP contribution in [-0.4, -0.2) is 29.1 Å². The van der Waals surface area contributed by atoms with Crippen LogP contribution in [0.25, 0.3) is 0 Å². The predicted molar refractivity (Wildman–Crippen MR) is 95.7 cm³/mol. The van der Waals surface area contributed by atoms with E-state index in [4.69, 9.17) is 0 Å². The van der Waals surface area contributed by atoms with Crippen LogP contribution >= 0.6 is 0 Å². The summed E-state index contributed by atoms with van der Waals surface area (Å²) >= 11 is 0. The summed E-state index contributed by atoms with van der Waals surface area (Å²) in [6.07, 6.45) is 0.693. The van der Waals surface area contributed by atoms with Gasteiger partial charge >= 0.3 is 0 Å². The lowest BCUT2D eigenvalue weighted by atomic mass is 10.2. The van der Waals surface area contributed by atoms with Crippen molar-refractivity contribution in [3.05, 3.63) is 23.8 Å². The number of benzene rings is 1. The van der Waals surface area contributed by atoms with Crippen molar-refractivity contribution in [2.75, 3.05) is 11.4 Å². The van der Waals surface area contributed by atoms with E-state index in [-0.39, 0.29) is 15.8 Å². The number of fused-ring (bicyclic) bond motifs is 1. The van der Waals surface area contributed by atoms with E-state index in [9.17, 15) is 13.2 Å². The minimum absolute atomic E-state index is 0.0150. The molecule has 0 saturated carbocycles. The van der Waals surface area contributed by atoms with Crippen LogP contribution in [0.3, 0.4) is 0 Å². The molecule has 0 spiro atoms. The SMILES string of the molecule is CC(=O)N1CCc2cc(S(=O)(=O)N[Si](C)(C)C(C)(C)C)ccc21. The summed E-state index contributed by atoms with van der Waals surface area (Å²) in [7, 11) is -5.73. The summed E-state index contributed by atoms with van der Waals surface area (Å²) in [6.45, 7) is 12.4. The first kappa shape index (κ1) is 18.2. The van der Waals surface area contributed by atoms with Gasteiger partial charge < -0.3 is 4.90 Å². The zero-order valence-corrected chi connectivity index (χ0v) is 16.5. The molecule has 0 saturated heterocycles. The van der Waals surface area contributed by atoms with Crippen LogP contribution in [0.4, 0.5) is 5.69 Å². The molecule has 1 aromatic rings. The molecule has 0 unspecified atom stereocenters. The first-order chi connectivity index (χ1) is 10.3. The molecule has 0 radical (unpaired) electrons. The third-order valence-corrected chi connectivity index (χ3v) is 12.6. The van der Waals surface area contributed by atoms with Gasteiger partial charge in [0.15, 0.2) is 0 Å². The van der Waals surface area contributed by atoms with Gasteiger partial charge in [0, 0.05) is 19.2 Å². The van der Waals surface area contributed by atoms with Crippen molar-refractivity contribution in [3.8, 4) is 0 Å². The molecule has 1 amide bonds. The molecule has 1 N–H and O–H groups in total. The summed E-state index contributed by atoms with van der Waals surface area (Å²) in [4.78, 5) is 13.6. The molecule has 1 aliphatic heterocycles. The Balaban J connectivity index is 2.35. The maximum atomic E-state index is 12.8. The summed E-state index contributed by atoms with van der Waals surface area (Å²) in [5, 5.41) is -0.0811. The van der Waals surface area contributed by atoms with Crippen LogP contribution in [0.15, 0.2) is 23.1 Å². The van der Waals surface area contributed by atoms with Crippen LogP contribution in [0.5, 0.6) is 0 Å². The Morgan fingerprint density at radius 2 is 1.87 bits per heavy atom. The van der Waals surface area contributed by atoms with E-state index in [1.807, 2.05) is 13.1 Å². The summed E-state index contributed by atoms with van der Waals surface area (Å²) in [5.74, 6) is -0.0150. The fraction of sp³-hybridized carbons (Fsp3) is 0.562. The third kappa shape index (κ3) is 3.51. The quantitative estimate of drug-likeness (QED) is 0.849. The largest absolute Gasteiger partial charge is 0.312 e. The second kappa shape index (κ2) is 5.72. The molecule has 1 aromatic carbocycles. The van der Waals surface area contributed by atoms with Gasteiger partial charge in [0.1, 0.15) is 8.24 Å². The van der Waals surface area contributed by atoms with Crippen LogP contribution in [0, 0.1) is 0 Å². The van der Waals surface area contributed by atoms with Crippen LogP contribution in [0.1, 0.15) is 33.3 Å². The predicted octanol–water partition coefficient (Wildman–Crippen LogP) is 2.88. The minimum atomic E-state index is -3.55. The Kier molecular flexibility index (Phi) is 4.51. The Morgan fingerprint density at radius 3 is 2.39 bits per heavy atom. The number of sulfonamides is 1. The van der Waals surface area contributed by atoms with E-state index in [1.54, 1.807) is 23.1 Å². The lowest BCUT2D eigenvalue weighted by Gasteiger charge is -2.36. The second-order valence-corrected chi connectivity index (χ2v) is 14.7. The smallest absolute Gasteiger partial charge is 0.234 e. The van der Waals surface area contributed by atoms with Crippen molar-refractivity contribution in [1.82, 2.24) is 4.39 Å². The van der Waals surface area contributed by atoms with Gasteiger partial charge in [0.25, 0.3) is 0 Å². The molecule has 0 fully saturated rings. The van der Waals surface area contributed by atoms with E-state index in [2.05, 4.69) is 25.2 Å². The van der Waals surface area contributed by atoms with E-state index in [0.717, 1.165) is 11.3 Å². The summed E-state index contributed by atoms with van der Waals surface area (Å²) in [5.41, 5.74) is 1.74. The maximum Gasteiger partial charge on any atom is 0.234 e. The number of rotatable bonds is 3. The van der Waals surface area contributed by atoms with E-state index >= 15 is 0 Å². The molecule has 2 rings (SSSR count). The summed E-state index contributed by atoms with van der Waals surface area (Å²) in [6, 6.07) is 5.03. The van der Waals surface area contributed by atoms with Crippen molar-refractivity contribution in [1.29, 1.82) is 0 Å². The fourth-order valence-corrected chi connectivity index (χ4v) is 7.35. The van der Waals surface area contributed by atoms with E-state index in [0.29, 0.717) is 13.0 Å². The first-order valence-electron chi connectivity index (χ1n) is 7.80. The lowest BCUT2D eigenvalue weighted by Crippen LogP contribution is -2.54. The summed E-state index contributed by atoms with van der Waals surface area (Å²) < 4.78 is 28.5. The van der Waals surface area contributed by atoms with Crippen LogP contribution in [0.2, 0.25) is 18.1 Å². The maximum absolute atomic E-state index is 12.8. The van der Waals surface area contributed by atoms with Gasteiger partial charge in [0.2, 0.25) is 15.9 Å². The molecular weight excluding hydrogens is 328 g/mol. The number of anilines is 1. The van der Waals surface area contributed by atoms with Crippen molar-refractivity contribution in [2.45, 2.75) is 57.1 Å². The Morgan fingerprint density at radius 1 is 1.26 bits per heavy atom. The monoisotopic (exact) mass is 354 g/mol. The normalized spacial score (nSPS) is 15.7. The van der Waals surface area contributed by atoms with Gasteiger partial charge in [-0.25, -0.2) is 12.8 Å². The molecule has 0 aromatic heterocycles. The first-order valence-corrected chi connectivity index (χ1v) is 12.3. The molecular formula is C16H26N2O3SSi. The highest BCUT2D eigenvalue weighted by Crippen LogP contribution is 2.35. The lowest BCUT2D eigenvalue weighted by molar-refractivity contribution is -0.116. The van der Waals surface area contributed by atoms with Gasteiger partial charge in [-0.3, -0.25) is 4.79 Å². The van der Waals surface area contributed by atoms with Crippen LogP contribution in [-0.2, 0) is 21.2 Å². The van der Waals surface area contributed by atoms with Gasteiger partial charge in [-0.05, 0) is 35.2 Å². The highest BCUT2D eigenvalue weighted by atomic mass is 32.2. The average molecular weight is 355 g/mol. The Labute approximate surface area is 140 Å². The highest BCUT2D eigenvalue weighted by Gasteiger charge is 2.39. The molecule has 0 bridgehead atoms. The van der Waals surface area contributed by atoms with Gasteiger partial charge in [0.05, 0.1) is 4.90 Å². The average Bonchev–Trinajstić information content (AvgIpc) is 2.78. The number of amides is 1. The topological polar surface area (TPSA) is 66.5 Å². The zero-order chi connectivity index (χ0) is 17.6. The van der Waals surface area contributed by atoms with E-state index < -0.39 is 18.3 Å². The number of carbonyl (C=O) groups excluding carboxylic acids is 1.